The first-order valence-corrected chi connectivity index (χ1v) is 9.94. The Hall–Kier alpha value is -1.01. The molecule has 0 radical (unpaired) electrons. The zero-order chi connectivity index (χ0) is 19.3. The molecule has 0 saturated carbocycles. The van der Waals surface area contributed by atoms with Gasteiger partial charge in [0.15, 0.2) is 5.72 Å². The summed E-state index contributed by atoms with van der Waals surface area (Å²) in [6.45, 7) is 0.584. The molecule has 142 valence electrons. The lowest BCUT2D eigenvalue weighted by atomic mass is 9.82. The van der Waals surface area contributed by atoms with Crippen molar-refractivity contribution in [2.75, 3.05) is 19.8 Å². The third-order valence-corrected chi connectivity index (χ3v) is 6.99. The first kappa shape index (κ1) is 19.3. The molecule has 1 saturated heterocycles. The quantitative estimate of drug-likeness (QED) is 0.526. The Morgan fingerprint density at radius 2 is 1.74 bits per heavy atom. The predicted octanol–water partition coefficient (Wildman–Crippen LogP) is 5.11. The van der Waals surface area contributed by atoms with Crippen molar-refractivity contribution < 1.29 is 14.6 Å². The van der Waals surface area contributed by atoms with Crippen molar-refractivity contribution in [1.82, 2.24) is 4.90 Å². The van der Waals surface area contributed by atoms with Crippen molar-refractivity contribution in [3.8, 4) is 0 Å². The van der Waals surface area contributed by atoms with E-state index in [1.807, 2.05) is 30.3 Å². The van der Waals surface area contributed by atoms with Gasteiger partial charge in [0.1, 0.15) is 0 Å². The summed E-state index contributed by atoms with van der Waals surface area (Å²) < 4.78 is 6.22. The van der Waals surface area contributed by atoms with Crippen LogP contribution in [0.25, 0.3) is 0 Å². The number of benzene rings is 2. The van der Waals surface area contributed by atoms with Crippen LogP contribution in [-0.2, 0) is 10.5 Å². The number of carbonyl (C=O) groups excluding carboxylic acids is 1. The molecule has 4 nitrogen and oxygen atoms in total. The molecular formula is C19H15Cl4NO3. The Balaban J connectivity index is 2.06. The topological polar surface area (TPSA) is 49.8 Å². The van der Waals surface area contributed by atoms with Crippen molar-refractivity contribution in [2.45, 2.75) is 18.1 Å². The minimum Gasteiger partial charge on any atom is -0.396 e. The molecule has 2 aliphatic rings. The zero-order valence-electron chi connectivity index (χ0n) is 14.0. The van der Waals surface area contributed by atoms with Gasteiger partial charge in [-0.05, 0) is 12.0 Å². The number of carbonyl (C=O) groups is 1. The van der Waals surface area contributed by atoms with E-state index in [9.17, 15) is 9.90 Å². The molecule has 8 heteroatoms. The van der Waals surface area contributed by atoms with Gasteiger partial charge < -0.3 is 14.7 Å². The van der Waals surface area contributed by atoms with E-state index >= 15 is 0 Å². The van der Waals surface area contributed by atoms with Gasteiger partial charge in [0.2, 0.25) is 0 Å². The van der Waals surface area contributed by atoms with Crippen molar-refractivity contribution in [1.29, 1.82) is 0 Å². The van der Waals surface area contributed by atoms with Gasteiger partial charge in [-0.3, -0.25) is 4.79 Å². The highest BCUT2D eigenvalue weighted by atomic mass is 35.5. The van der Waals surface area contributed by atoms with Crippen LogP contribution >= 0.6 is 46.4 Å². The summed E-state index contributed by atoms with van der Waals surface area (Å²) >= 11 is 25.5. The maximum absolute atomic E-state index is 13.2. The second kappa shape index (κ2) is 7.11. The van der Waals surface area contributed by atoms with Crippen LogP contribution in [0.2, 0.25) is 20.1 Å². The summed E-state index contributed by atoms with van der Waals surface area (Å²) in [6, 6.07) is 9.36. The van der Waals surface area contributed by atoms with E-state index in [0.717, 1.165) is 5.56 Å². The summed E-state index contributed by atoms with van der Waals surface area (Å²) in [6.07, 6.45) is 0.658. The van der Waals surface area contributed by atoms with E-state index in [1.165, 1.54) is 0 Å². The summed E-state index contributed by atoms with van der Waals surface area (Å²) in [5.41, 5.74) is 0.0738. The van der Waals surface area contributed by atoms with Crippen molar-refractivity contribution >= 4 is 52.3 Å². The second-order valence-electron chi connectivity index (χ2n) is 6.51. The van der Waals surface area contributed by atoms with Gasteiger partial charge in [-0.25, -0.2) is 0 Å². The molecule has 2 aromatic rings. The Kier molecular flexibility index (Phi) is 5.08. The maximum atomic E-state index is 13.2. The minimum atomic E-state index is -1.30. The van der Waals surface area contributed by atoms with Crippen LogP contribution in [0.15, 0.2) is 30.3 Å². The normalized spacial score (nSPS) is 22.6. The Morgan fingerprint density at radius 1 is 1.07 bits per heavy atom. The van der Waals surface area contributed by atoms with Crippen LogP contribution in [0.5, 0.6) is 0 Å². The fraction of sp³-hybridized carbons (Fsp3) is 0.316. The highest BCUT2D eigenvalue weighted by Gasteiger charge is 2.59. The highest BCUT2D eigenvalue weighted by molar-refractivity contribution is 6.53. The van der Waals surface area contributed by atoms with Gasteiger partial charge >= 0.3 is 0 Å². The van der Waals surface area contributed by atoms with Crippen LogP contribution in [0.4, 0.5) is 0 Å². The van der Waals surface area contributed by atoms with E-state index in [0.29, 0.717) is 25.1 Å². The fourth-order valence-electron chi connectivity index (χ4n) is 4.06. The monoisotopic (exact) mass is 445 g/mol. The highest BCUT2D eigenvalue weighted by Crippen LogP contribution is 2.57. The second-order valence-corrected chi connectivity index (χ2v) is 8.02. The molecular weight excluding hydrogens is 432 g/mol. The van der Waals surface area contributed by atoms with Gasteiger partial charge in [-0.15, -0.1) is 0 Å². The average Bonchev–Trinajstić information content (AvgIpc) is 2.96. The number of nitrogens with zero attached hydrogens (tertiary/aromatic N) is 1. The van der Waals surface area contributed by atoms with Crippen LogP contribution in [-0.4, -0.2) is 35.7 Å². The SMILES string of the molecule is O=C1c2c(Cl)c(Cl)c(Cl)c(Cl)c2[C@]2([C@H](CO)c3ccccc3)OCCCN12. The lowest BCUT2D eigenvalue weighted by Crippen LogP contribution is -2.54. The van der Waals surface area contributed by atoms with Crippen LogP contribution in [0.1, 0.15) is 33.8 Å². The molecule has 1 N–H and O–H groups in total. The molecule has 1 fully saturated rings. The number of rotatable bonds is 3. The number of hydrogen-bond acceptors (Lipinski definition) is 3. The molecule has 0 aromatic heterocycles. The lowest BCUT2D eigenvalue weighted by molar-refractivity contribution is -0.187. The van der Waals surface area contributed by atoms with Crippen molar-refractivity contribution in [2.24, 2.45) is 0 Å². The van der Waals surface area contributed by atoms with E-state index in [-0.39, 0.29) is 38.2 Å². The number of halogens is 4. The summed E-state index contributed by atoms with van der Waals surface area (Å²) in [7, 11) is 0. The number of aliphatic hydroxyl groups is 1. The van der Waals surface area contributed by atoms with Gasteiger partial charge in [0, 0.05) is 12.1 Å². The number of aliphatic hydroxyl groups excluding tert-OH is 1. The van der Waals surface area contributed by atoms with Gasteiger partial charge in [-0.1, -0.05) is 76.7 Å². The Bertz CT molecular complexity index is 921. The molecule has 0 bridgehead atoms. The van der Waals surface area contributed by atoms with E-state index in [2.05, 4.69) is 0 Å². The summed E-state index contributed by atoms with van der Waals surface area (Å²) in [5, 5.41) is 10.6. The van der Waals surface area contributed by atoms with Gasteiger partial charge in [0.05, 0.1) is 44.8 Å². The average molecular weight is 447 g/mol. The third kappa shape index (κ3) is 2.62. The maximum Gasteiger partial charge on any atom is 0.258 e. The lowest BCUT2D eigenvalue weighted by Gasteiger charge is -2.47. The predicted molar refractivity (Wildman–Crippen MR) is 106 cm³/mol. The molecule has 2 atom stereocenters. The summed E-state index contributed by atoms with van der Waals surface area (Å²) in [4.78, 5) is 14.8. The first-order valence-electron chi connectivity index (χ1n) is 8.43. The third-order valence-electron chi connectivity index (χ3n) is 5.19. The molecule has 27 heavy (non-hydrogen) atoms. The van der Waals surface area contributed by atoms with Gasteiger partial charge in [0.25, 0.3) is 5.91 Å². The molecule has 0 aliphatic carbocycles. The molecule has 0 spiro atoms. The number of fused-ring (bicyclic) bond motifs is 3. The standard InChI is InChI=1S/C19H15Cl4NO3/c20-14-12-13(15(21)17(23)16(14)22)19(24(18(12)26)7-4-8-27-19)11(9-25)10-5-2-1-3-6-10/h1-3,5-6,11,25H,4,7-9H2/t11-,19+/m1/s1. The van der Waals surface area contributed by atoms with E-state index in [4.69, 9.17) is 51.1 Å². The molecule has 2 heterocycles. The number of amides is 1. The molecule has 4 rings (SSSR count). The van der Waals surface area contributed by atoms with Crippen molar-refractivity contribution in [3.63, 3.8) is 0 Å². The minimum absolute atomic E-state index is 0.0330. The van der Waals surface area contributed by atoms with E-state index < -0.39 is 11.6 Å². The van der Waals surface area contributed by atoms with Gasteiger partial charge in [-0.2, -0.15) is 0 Å². The van der Waals surface area contributed by atoms with E-state index in [1.54, 1.807) is 4.90 Å². The molecule has 2 aliphatic heterocycles. The Labute approximate surface area is 176 Å². The van der Waals surface area contributed by atoms with Crippen LogP contribution in [0, 0.1) is 0 Å². The van der Waals surface area contributed by atoms with Crippen LogP contribution in [0.3, 0.4) is 0 Å². The summed E-state index contributed by atoms with van der Waals surface area (Å²) in [5.74, 6) is -0.903. The molecule has 1 amide bonds. The Morgan fingerprint density at radius 3 is 2.41 bits per heavy atom. The molecule has 0 unspecified atom stereocenters. The molecule has 2 aromatic carbocycles. The zero-order valence-corrected chi connectivity index (χ0v) is 17.0. The number of hydrogen-bond donors (Lipinski definition) is 1. The number of ether oxygens (including phenoxy) is 1. The smallest absolute Gasteiger partial charge is 0.258 e. The van der Waals surface area contributed by atoms with Crippen LogP contribution < -0.4 is 0 Å². The van der Waals surface area contributed by atoms with Crippen molar-refractivity contribution in [3.05, 3.63) is 67.1 Å². The first-order chi connectivity index (χ1) is 12.9. The largest absolute Gasteiger partial charge is 0.396 e. The fourth-order valence-corrected chi connectivity index (χ4v) is 5.13.